The van der Waals surface area contributed by atoms with Crippen LogP contribution in [0.5, 0.6) is 0 Å². The predicted octanol–water partition coefficient (Wildman–Crippen LogP) is 3.70. The van der Waals surface area contributed by atoms with Gasteiger partial charge in [0.25, 0.3) is 4.84 Å². The molecule has 0 unspecified atom stereocenters. The van der Waals surface area contributed by atoms with Gasteiger partial charge in [-0.2, -0.15) is 4.31 Å². The van der Waals surface area contributed by atoms with E-state index >= 15 is 0 Å². The molecule has 4 rings (SSSR count). The van der Waals surface area contributed by atoms with Crippen LogP contribution in [0.2, 0.25) is 0 Å². The molecule has 7 nitrogen and oxygen atoms in total. The number of aromatic nitrogens is 1. The number of benzene rings is 1. The molecule has 1 aliphatic heterocycles. The number of ether oxygens (including phenoxy) is 1. The standard InChI is InChI=1S/C19H23N3O4S3/c1-14(18-4-3-11-28-18)20(2)13-22-16-12-15(5-6-17(16)26-19(22)27)29(23,24)21-7-9-25-10-8-21/h3-6,11-12,14H,7-10,13H2,1-2H3/t14-/m1/s1. The zero-order valence-corrected chi connectivity index (χ0v) is 18.7. The van der Waals surface area contributed by atoms with Crippen LogP contribution in [-0.4, -0.2) is 55.5 Å². The van der Waals surface area contributed by atoms with E-state index in [0.717, 1.165) is 0 Å². The van der Waals surface area contributed by atoms with Gasteiger partial charge in [-0.05, 0) is 55.8 Å². The third-order valence-corrected chi connectivity index (χ3v) is 8.47. The third kappa shape index (κ3) is 4.05. The number of morpholine rings is 1. The Morgan fingerprint density at radius 1 is 1.28 bits per heavy atom. The van der Waals surface area contributed by atoms with E-state index in [9.17, 15) is 8.42 Å². The van der Waals surface area contributed by atoms with Gasteiger partial charge in [0, 0.05) is 24.0 Å². The van der Waals surface area contributed by atoms with Crippen LogP contribution >= 0.6 is 23.6 Å². The zero-order valence-electron chi connectivity index (χ0n) is 16.3. The van der Waals surface area contributed by atoms with E-state index in [4.69, 9.17) is 21.4 Å². The number of rotatable bonds is 6. The van der Waals surface area contributed by atoms with E-state index in [-0.39, 0.29) is 10.9 Å². The topological polar surface area (TPSA) is 67.9 Å². The minimum atomic E-state index is -3.59. The van der Waals surface area contributed by atoms with Crippen molar-refractivity contribution in [2.75, 3.05) is 33.4 Å². The number of oxazole rings is 1. The van der Waals surface area contributed by atoms with Gasteiger partial charge in [0.2, 0.25) is 10.0 Å². The summed E-state index contributed by atoms with van der Waals surface area (Å²) in [4.78, 5) is 3.97. The maximum atomic E-state index is 13.0. The minimum absolute atomic E-state index is 0.196. The summed E-state index contributed by atoms with van der Waals surface area (Å²) in [7, 11) is -1.58. The molecule has 0 bridgehead atoms. The quantitative estimate of drug-likeness (QED) is 0.530. The monoisotopic (exact) mass is 453 g/mol. The lowest BCUT2D eigenvalue weighted by molar-refractivity contribution is 0.0730. The molecule has 0 aliphatic carbocycles. The van der Waals surface area contributed by atoms with Gasteiger partial charge < -0.3 is 9.15 Å². The van der Waals surface area contributed by atoms with Crippen molar-refractivity contribution in [3.05, 3.63) is 45.4 Å². The Balaban J connectivity index is 1.67. The summed E-state index contributed by atoms with van der Waals surface area (Å²) in [5, 5.41) is 2.06. The molecular weight excluding hydrogens is 430 g/mol. The zero-order chi connectivity index (χ0) is 20.6. The van der Waals surface area contributed by atoms with Crippen molar-refractivity contribution in [1.29, 1.82) is 0 Å². The summed E-state index contributed by atoms with van der Waals surface area (Å²) in [5.41, 5.74) is 1.25. The molecule has 0 amide bonds. The van der Waals surface area contributed by atoms with Crippen molar-refractivity contribution >= 4 is 44.7 Å². The summed E-state index contributed by atoms with van der Waals surface area (Å²) in [5.74, 6) is 0. The second-order valence-electron chi connectivity index (χ2n) is 7.03. The van der Waals surface area contributed by atoms with Crippen LogP contribution in [0.15, 0.2) is 45.0 Å². The molecular formula is C19H23N3O4S3. The lowest BCUT2D eigenvalue weighted by atomic mass is 10.2. The molecule has 29 heavy (non-hydrogen) atoms. The average molecular weight is 454 g/mol. The summed E-state index contributed by atoms with van der Waals surface area (Å²) in [6.07, 6.45) is 0. The Morgan fingerprint density at radius 3 is 2.72 bits per heavy atom. The van der Waals surface area contributed by atoms with Crippen molar-refractivity contribution in [3.8, 4) is 0 Å². The second-order valence-corrected chi connectivity index (χ2v) is 10.3. The Kier molecular flexibility index (Phi) is 5.92. The Bertz CT molecular complexity index is 1150. The fourth-order valence-corrected chi connectivity index (χ4v) is 5.89. The van der Waals surface area contributed by atoms with Crippen molar-refractivity contribution in [3.63, 3.8) is 0 Å². The average Bonchev–Trinajstić information content (AvgIpc) is 3.36. The maximum Gasteiger partial charge on any atom is 0.270 e. The van der Waals surface area contributed by atoms with E-state index < -0.39 is 10.0 Å². The smallest absolute Gasteiger partial charge is 0.270 e. The maximum absolute atomic E-state index is 13.0. The first-order chi connectivity index (χ1) is 13.9. The minimum Gasteiger partial charge on any atom is -0.429 e. The Hall–Kier alpha value is -1.56. The lowest BCUT2D eigenvalue weighted by Crippen LogP contribution is -2.40. The SMILES string of the molecule is C[C@H](c1cccs1)N(C)Cn1c(=S)oc2ccc(S(=O)(=O)N3CCOCC3)cc21. The van der Waals surface area contributed by atoms with E-state index in [1.807, 2.05) is 17.7 Å². The highest BCUT2D eigenvalue weighted by molar-refractivity contribution is 7.89. The number of thiophene rings is 1. The molecule has 0 N–H and O–H groups in total. The van der Waals surface area contributed by atoms with Crippen LogP contribution in [-0.2, 0) is 21.4 Å². The molecule has 0 radical (unpaired) electrons. The van der Waals surface area contributed by atoms with Crippen LogP contribution in [0.1, 0.15) is 17.8 Å². The molecule has 156 valence electrons. The molecule has 3 aromatic rings. The number of sulfonamides is 1. The number of fused-ring (bicyclic) bond motifs is 1. The highest BCUT2D eigenvalue weighted by atomic mass is 32.2. The van der Waals surface area contributed by atoms with E-state index in [1.54, 1.807) is 29.5 Å². The summed E-state index contributed by atoms with van der Waals surface area (Å²) in [6.45, 7) is 4.17. The fraction of sp³-hybridized carbons (Fsp3) is 0.421. The molecule has 1 atom stereocenters. The molecule has 3 heterocycles. The van der Waals surface area contributed by atoms with Crippen LogP contribution in [0, 0.1) is 4.84 Å². The van der Waals surface area contributed by atoms with Crippen molar-refractivity contribution in [2.45, 2.75) is 24.5 Å². The summed E-state index contributed by atoms with van der Waals surface area (Å²) >= 11 is 7.12. The molecule has 1 saturated heterocycles. The molecule has 0 spiro atoms. The molecule has 1 aromatic carbocycles. The normalized spacial score (nSPS) is 17.2. The first-order valence-electron chi connectivity index (χ1n) is 9.33. The van der Waals surface area contributed by atoms with Gasteiger partial charge in [0.05, 0.1) is 30.3 Å². The molecule has 1 aliphatic rings. The van der Waals surface area contributed by atoms with Gasteiger partial charge in [-0.25, -0.2) is 8.42 Å². The van der Waals surface area contributed by atoms with Crippen LogP contribution in [0.3, 0.4) is 0 Å². The van der Waals surface area contributed by atoms with Crippen molar-refractivity contribution in [2.24, 2.45) is 0 Å². The Labute approximate surface area is 179 Å². The molecule has 2 aromatic heterocycles. The van der Waals surface area contributed by atoms with Gasteiger partial charge in [-0.3, -0.25) is 9.47 Å². The number of hydrogen-bond acceptors (Lipinski definition) is 7. The lowest BCUT2D eigenvalue weighted by Gasteiger charge is -2.26. The van der Waals surface area contributed by atoms with Gasteiger partial charge in [0.1, 0.15) is 0 Å². The first-order valence-corrected chi connectivity index (χ1v) is 12.1. The molecule has 1 fully saturated rings. The van der Waals surface area contributed by atoms with Crippen LogP contribution < -0.4 is 0 Å². The highest BCUT2D eigenvalue weighted by Crippen LogP contribution is 2.27. The predicted molar refractivity (Wildman–Crippen MR) is 115 cm³/mol. The molecule has 0 saturated carbocycles. The fourth-order valence-electron chi connectivity index (χ4n) is 3.36. The van der Waals surface area contributed by atoms with Gasteiger partial charge >= 0.3 is 0 Å². The Morgan fingerprint density at radius 2 is 2.03 bits per heavy atom. The summed E-state index contributed by atoms with van der Waals surface area (Å²) in [6, 6.07) is 9.24. The number of hydrogen-bond donors (Lipinski definition) is 0. The van der Waals surface area contributed by atoms with E-state index in [2.05, 4.69) is 23.3 Å². The first kappa shape index (κ1) is 20.7. The van der Waals surface area contributed by atoms with E-state index in [0.29, 0.717) is 48.9 Å². The molecule has 10 heteroatoms. The highest BCUT2D eigenvalue weighted by Gasteiger charge is 2.27. The largest absolute Gasteiger partial charge is 0.429 e. The van der Waals surface area contributed by atoms with Gasteiger partial charge in [-0.1, -0.05) is 6.07 Å². The van der Waals surface area contributed by atoms with Crippen molar-refractivity contribution < 1.29 is 17.6 Å². The number of nitrogens with zero attached hydrogens (tertiary/aromatic N) is 3. The van der Waals surface area contributed by atoms with E-state index in [1.165, 1.54) is 9.18 Å². The van der Waals surface area contributed by atoms with Crippen molar-refractivity contribution in [1.82, 2.24) is 13.8 Å². The van der Waals surface area contributed by atoms with Gasteiger partial charge in [0.15, 0.2) is 5.58 Å². The second kappa shape index (κ2) is 8.29. The third-order valence-electron chi connectivity index (χ3n) is 5.23. The van der Waals surface area contributed by atoms with Gasteiger partial charge in [-0.15, -0.1) is 11.3 Å². The van der Waals surface area contributed by atoms with Crippen LogP contribution in [0.4, 0.5) is 0 Å². The summed E-state index contributed by atoms with van der Waals surface area (Å²) < 4.78 is 40.3. The van der Waals surface area contributed by atoms with Crippen LogP contribution in [0.25, 0.3) is 11.1 Å².